The van der Waals surface area contributed by atoms with Crippen molar-refractivity contribution in [2.75, 3.05) is 13.7 Å². The molecule has 4 nitrogen and oxygen atoms in total. The Bertz CT molecular complexity index is 220. The molecule has 1 fully saturated rings. The number of carbonyl (C=O) groups is 1. The van der Waals surface area contributed by atoms with Crippen molar-refractivity contribution in [1.82, 2.24) is 4.90 Å². The summed E-state index contributed by atoms with van der Waals surface area (Å²) in [5.74, 6) is -0.753. The third-order valence-electron chi connectivity index (χ3n) is 3.34. The Kier molecular flexibility index (Phi) is 4.54. The van der Waals surface area contributed by atoms with Crippen LogP contribution in [0.3, 0.4) is 0 Å². The highest BCUT2D eigenvalue weighted by Gasteiger charge is 2.29. The van der Waals surface area contributed by atoms with Crippen LogP contribution in [0.1, 0.15) is 33.1 Å². The van der Waals surface area contributed by atoms with Crippen molar-refractivity contribution in [1.29, 1.82) is 0 Å². The van der Waals surface area contributed by atoms with E-state index < -0.39 is 12.0 Å². The molecule has 1 saturated heterocycles. The summed E-state index contributed by atoms with van der Waals surface area (Å²) in [5, 5.41) is 8.93. The second-order valence-electron chi connectivity index (χ2n) is 4.26. The van der Waals surface area contributed by atoms with Gasteiger partial charge < -0.3 is 9.84 Å². The molecular weight excluding hydrogens is 194 g/mol. The van der Waals surface area contributed by atoms with Crippen LogP contribution in [-0.2, 0) is 9.53 Å². The Hall–Kier alpha value is -0.610. The Labute approximate surface area is 91.2 Å². The van der Waals surface area contributed by atoms with Gasteiger partial charge in [0.2, 0.25) is 0 Å². The van der Waals surface area contributed by atoms with Crippen LogP contribution in [0, 0.1) is 0 Å². The Balaban J connectivity index is 2.51. The minimum Gasteiger partial charge on any atom is -0.480 e. The lowest BCUT2D eigenvalue weighted by atomic mass is 9.99. The molecule has 3 atom stereocenters. The van der Waals surface area contributed by atoms with Gasteiger partial charge in [0.1, 0.15) is 6.04 Å². The zero-order chi connectivity index (χ0) is 11.4. The molecule has 0 aliphatic carbocycles. The van der Waals surface area contributed by atoms with Crippen LogP contribution < -0.4 is 0 Å². The van der Waals surface area contributed by atoms with Gasteiger partial charge in [-0.3, -0.25) is 9.69 Å². The van der Waals surface area contributed by atoms with E-state index in [1.165, 1.54) is 0 Å². The predicted molar refractivity (Wildman–Crippen MR) is 57.9 cm³/mol. The smallest absolute Gasteiger partial charge is 0.320 e. The van der Waals surface area contributed by atoms with Gasteiger partial charge in [-0.05, 0) is 33.2 Å². The quantitative estimate of drug-likeness (QED) is 0.769. The van der Waals surface area contributed by atoms with Crippen LogP contribution in [0.2, 0.25) is 0 Å². The summed E-state index contributed by atoms with van der Waals surface area (Å²) >= 11 is 0. The monoisotopic (exact) mass is 215 g/mol. The molecule has 0 aromatic heterocycles. The molecule has 0 radical (unpaired) electrons. The maximum Gasteiger partial charge on any atom is 0.320 e. The fraction of sp³-hybridized carbons (Fsp3) is 0.909. The molecule has 15 heavy (non-hydrogen) atoms. The first-order valence-corrected chi connectivity index (χ1v) is 5.62. The van der Waals surface area contributed by atoms with E-state index in [-0.39, 0.29) is 0 Å². The SMILES string of the molecule is CCC1CC(N(C)C(C)C(=O)O)CCO1. The van der Waals surface area contributed by atoms with Gasteiger partial charge in [0.15, 0.2) is 0 Å². The molecule has 0 amide bonds. The van der Waals surface area contributed by atoms with Crippen LogP contribution in [-0.4, -0.2) is 47.8 Å². The van der Waals surface area contributed by atoms with Crippen molar-refractivity contribution in [3.8, 4) is 0 Å². The minimum atomic E-state index is -0.753. The molecule has 1 rings (SSSR count). The number of hydrogen-bond acceptors (Lipinski definition) is 3. The standard InChI is InChI=1S/C11H21NO3/c1-4-10-7-9(5-6-15-10)12(3)8(2)11(13)14/h8-10H,4-7H2,1-3H3,(H,13,14). The number of rotatable bonds is 4. The van der Waals surface area contributed by atoms with E-state index in [2.05, 4.69) is 6.92 Å². The number of nitrogens with zero attached hydrogens (tertiary/aromatic N) is 1. The lowest BCUT2D eigenvalue weighted by Crippen LogP contribution is -2.47. The largest absolute Gasteiger partial charge is 0.480 e. The number of likely N-dealkylation sites (N-methyl/N-ethyl adjacent to an activating group) is 1. The molecule has 3 unspecified atom stereocenters. The summed E-state index contributed by atoms with van der Waals surface area (Å²) in [6, 6.07) is -0.0691. The zero-order valence-electron chi connectivity index (χ0n) is 9.77. The van der Waals surface area contributed by atoms with Crippen LogP contribution in [0.5, 0.6) is 0 Å². The van der Waals surface area contributed by atoms with Crippen molar-refractivity contribution in [2.24, 2.45) is 0 Å². The fourth-order valence-electron chi connectivity index (χ4n) is 2.00. The average molecular weight is 215 g/mol. The first-order chi connectivity index (χ1) is 7.06. The molecule has 0 aromatic rings. The third kappa shape index (κ3) is 3.18. The first-order valence-electron chi connectivity index (χ1n) is 5.62. The molecule has 1 aliphatic heterocycles. The predicted octanol–water partition coefficient (Wildman–Crippen LogP) is 1.35. The Morgan fingerprint density at radius 1 is 1.67 bits per heavy atom. The highest BCUT2D eigenvalue weighted by molar-refractivity contribution is 5.72. The molecule has 0 aromatic carbocycles. The summed E-state index contributed by atoms with van der Waals surface area (Å²) < 4.78 is 5.57. The van der Waals surface area contributed by atoms with Gasteiger partial charge >= 0.3 is 5.97 Å². The summed E-state index contributed by atoms with van der Waals surface area (Å²) in [7, 11) is 1.89. The summed E-state index contributed by atoms with van der Waals surface area (Å²) in [6.45, 7) is 4.59. The van der Waals surface area contributed by atoms with Crippen LogP contribution >= 0.6 is 0 Å². The molecule has 0 spiro atoms. The summed E-state index contributed by atoms with van der Waals surface area (Å²) in [4.78, 5) is 12.8. The molecule has 1 aliphatic rings. The third-order valence-corrected chi connectivity index (χ3v) is 3.34. The van der Waals surface area contributed by atoms with Crippen molar-refractivity contribution >= 4 is 5.97 Å². The van der Waals surface area contributed by atoms with Gasteiger partial charge in [-0.2, -0.15) is 0 Å². The fourth-order valence-corrected chi connectivity index (χ4v) is 2.00. The van der Waals surface area contributed by atoms with Crippen molar-refractivity contribution in [3.63, 3.8) is 0 Å². The molecule has 1 heterocycles. The number of aliphatic carboxylic acids is 1. The highest BCUT2D eigenvalue weighted by atomic mass is 16.5. The number of carboxylic acid groups (broad SMARTS) is 1. The first kappa shape index (κ1) is 12.5. The van der Waals surface area contributed by atoms with Gasteiger partial charge in [0.05, 0.1) is 6.10 Å². The van der Waals surface area contributed by atoms with Crippen LogP contribution in [0.25, 0.3) is 0 Å². The molecule has 4 heteroatoms. The van der Waals surface area contributed by atoms with E-state index in [9.17, 15) is 4.79 Å². The summed E-state index contributed by atoms with van der Waals surface area (Å²) in [5.41, 5.74) is 0. The lowest BCUT2D eigenvalue weighted by molar-refractivity contribution is -0.144. The van der Waals surface area contributed by atoms with Crippen molar-refractivity contribution < 1.29 is 14.6 Å². The van der Waals surface area contributed by atoms with Crippen LogP contribution in [0.4, 0.5) is 0 Å². The van der Waals surface area contributed by atoms with E-state index in [1.807, 2.05) is 11.9 Å². The van der Waals surface area contributed by atoms with Gasteiger partial charge in [0, 0.05) is 12.6 Å². The lowest BCUT2D eigenvalue weighted by Gasteiger charge is -2.36. The van der Waals surface area contributed by atoms with E-state index in [0.29, 0.717) is 12.1 Å². The number of ether oxygens (including phenoxy) is 1. The van der Waals surface area contributed by atoms with E-state index in [1.54, 1.807) is 6.92 Å². The Morgan fingerprint density at radius 3 is 2.87 bits per heavy atom. The average Bonchev–Trinajstić information content (AvgIpc) is 2.27. The number of carboxylic acids is 1. The molecule has 0 bridgehead atoms. The van der Waals surface area contributed by atoms with E-state index >= 15 is 0 Å². The van der Waals surface area contributed by atoms with Gasteiger partial charge in [0.25, 0.3) is 0 Å². The molecule has 88 valence electrons. The van der Waals surface area contributed by atoms with Crippen molar-refractivity contribution in [3.05, 3.63) is 0 Å². The molecule has 1 N–H and O–H groups in total. The van der Waals surface area contributed by atoms with Gasteiger partial charge in [-0.1, -0.05) is 6.92 Å². The van der Waals surface area contributed by atoms with Gasteiger partial charge in [-0.25, -0.2) is 0 Å². The van der Waals surface area contributed by atoms with E-state index in [4.69, 9.17) is 9.84 Å². The minimum absolute atomic E-state index is 0.298. The second-order valence-corrected chi connectivity index (χ2v) is 4.26. The molecular formula is C11H21NO3. The summed E-state index contributed by atoms with van der Waals surface area (Å²) in [6.07, 6.45) is 3.19. The zero-order valence-corrected chi connectivity index (χ0v) is 9.77. The normalized spacial score (nSPS) is 29.1. The second kappa shape index (κ2) is 5.47. The van der Waals surface area contributed by atoms with E-state index in [0.717, 1.165) is 25.9 Å². The highest BCUT2D eigenvalue weighted by Crippen LogP contribution is 2.21. The Morgan fingerprint density at radius 2 is 2.33 bits per heavy atom. The van der Waals surface area contributed by atoms with Crippen LogP contribution in [0.15, 0.2) is 0 Å². The number of hydrogen-bond donors (Lipinski definition) is 1. The maximum absolute atomic E-state index is 10.9. The topological polar surface area (TPSA) is 49.8 Å². The maximum atomic E-state index is 10.9. The van der Waals surface area contributed by atoms with Crippen molar-refractivity contribution in [2.45, 2.75) is 51.3 Å². The van der Waals surface area contributed by atoms with Gasteiger partial charge in [-0.15, -0.1) is 0 Å². The molecule has 0 saturated carbocycles.